The number of nitrogens with one attached hydrogen (secondary N) is 1. The van der Waals surface area contributed by atoms with E-state index in [0.29, 0.717) is 21.6 Å². The van der Waals surface area contributed by atoms with Gasteiger partial charge in [-0.25, -0.2) is 4.98 Å². The molecule has 0 amide bonds. The minimum atomic E-state index is -0.0957. The topological polar surface area (TPSA) is 69.1 Å². The van der Waals surface area contributed by atoms with Gasteiger partial charge in [0.25, 0.3) is 0 Å². The summed E-state index contributed by atoms with van der Waals surface area (Å²) in [5.41, 5.74) is 2.64. The molecule has 0 aliphatic heterocycles. The van der Waals surface area contributed by atoms with E-state index in [1.165, 1.54) is 6.07 Å². The first-order valence-corrected chi connectivity index (χ1v) is 7.58. The van der Waals surface area contributed by atoms with E-state index in [2.05, 4.69) is 9.97 Å². The zero-order valence-corrected chi connectivity index (χ0v) is 14.4. The van der Waals surface area contributed by atoms with Crippen LogP contribution in [0.25, 0.3) is 33.2 Å². The fraction of sp³-hybridized carbons (Fsp3) is 0. The summed E-state index contributed by atoms with van der Waals surface area (Å²) in [4.78, 5) is 7.70. The number of benzene rings is 2. The highest BCUT2D eigenvalue weighted by molar-refractivity contribution is 6.39. The molecule has 2 aromatic heterocycles. The molecule has 122 valence electrons. The van der Waals surface area contributed by atoms with E-state index in [0.717, 1.165) is 16.6 Å². The van der Waals surface area contributed by atoms with Gasteiger partial charge in [0, 0.05) is 16.3 Å². The van der Waals surface area contributed by atoms with Crippen LogP contribution >= 0.6 is 35.6 Å². The van der Waals surface area contributed by atoms with Gasteiger partial charge in [-0.2, -0.15) is 0 Å². The van der Waals surface area contributed by atoms with Gasteiger partial charge in [0.15, 0.2) is 5.75 Å². The van der Waals surface area contributed by atoms with Crippen LogP contribution in [0.15, 0.2) is 42.5 Å². The Bertz CT molecular complexity index is 1080. The average Bonchev–Trinajstić information content (AvgIpc) is 2.95. The Hall–Kier alpha value is -2.14. The Morgan fingerprint density at radius 3 is 2.50 bits per heavy atom. The second kappa shape index (κ2) is 6.06. The van der Waals surface area contributed by atoms with Crippen molar-refractivity contribution < 1.29 is 10.2 Å². The van der Waals surface area contributed by atoms with Crippen molar-refractivity contribution in [2.45, 2.75) is 0 Å². The van der Waals surface area contributed by atoms with E-state index in [4.69, 9.17) is 23.2 Å². The molecule has 0 saturated heterocycles. The molecule has 0 spiro atoms. The summed E-state index contributed by atoms with van der Waals surface area (Å²) in [6.45, 7) is 0. The van der Waals surface area contributed by atoms with Crippen LogP contribution in [0.5, 0.6) is 11.5 Å². The van der Waals surface area contributed by atoms with Gasteiger partial charge in [0.05, 0.1) is 21.4 Å². The lowest BCUT2D eigenvalue weighted by Crippen LogP contribution is -1.87. The number of nitrogens with zero attached hydrogens (tertiary/aromatic N) is 1. The predicted octanol–water partition coefficient (Wildman–Crippen LogP) is 5.52. The summed E-state index contributed by atoms with van der Waals surface area (Å²) in [7, 11) is 0. The number of pyridine rings is 1. The van der Waals surface area contributed by atoms with Gasteiger partial charge >= 0.3 is 0 Å². The lowest BCUT2D eigenvalue weighted by Gasteiger charge is -2.06. The summed E-state index contributed by atoms with van der Waals surface area (Å²) >= 11 is 12.1. The molecule has 0 unspecified atom stereocenters. The molecular formula is C17H11Cl3N2O2. The van der Waals surface area contributed by atoms with E-state index in [-0.39, 0.29) is 28.9 Å². The second-order valence-corrected chi connectivity index (χ2v) is 6.05. The molecule has 24 heavy (non-hydrogen) atoms. The lowest BCUT2D eigenvalue weighted by molar-refractivity contribution is 0.476. The number of hydrogen-bond acceptors (Lipinski definition) is 3. The lowest BCUT2D eigenvalue weighted by atomic mass is 10.1. The van der Waals surface area contributed by atoms with Crippen LogP contribution in [0.3, 0.4) is 0 Å². The number of fused-ring (bicyclic) bond motifs is 2. The molecule has 0 aliphatic rings. The van der Waals surface area contributed by atoms with Crippen LogP contribution in [0, 0.1) is 0 Å². The average molecular weight is 382 g/mol. The number of phenolic OH excluding ortho intramolecular Hbond substituents is 2. The van der Waals surface area contributed by atoms with E-state index in [1.807, 2.05) is 12.1 Å². The highest BCUT2D eigenvalue weighted by Crippen LogP contribution is 2.37. The summed E-state index contributed by atoms with van der Waals surface area (Å²) < 4.78 is 0. The molecule has 2 aromatic carbocycles. The smallest absolute Gasteiger partial charge is 0.160 e. The molecule has 0 atom stereocenters. The molecule has 3 N–H and O–H groups in total. The van der Waals surface area contributed by atoms with Gasteiger partial charge in [-0.15, -0.1) is 12.4 Å². The maximum Gasteiger partial charge on any atom is 0.160 e. The number of phenols is 2. The van der Waals surface area contributed by atoms with Crippen molar-refractivity contribution in [1.82, 2.24) is 9.97 Å². The standard InChI is InChI=1S/C17H10Cl2N2O2.ClH/c18-11-7-12(19)17(23)16-10(11)2-4-14(21-16)15-6-8-5-9(22)1-3-13(8)20-15;/h1-7,20,22-23H;1H. The third-order valence-corrected chi connectivity index (χ3v) is 4.34. The Balaban J connectivity index is 0.00000169. The van der Waals surface area contributed by atoms with Crippen LogP contribution in [-0.4, -0.2) is 20.2 Å². The van der Waals surface area contributed by atoms with Crippen LogP contribution in [0.4, 0.5) is 0 Å². The van der Waals surface area contributed by atoms with Gasteiger partial charge in [-0.3, -0.25) is 0 Å². The van der Waals surface area contributed by atoms with Gasteiger partial charge in [-0.05, 0) is 42.5 Å². The van der Waals surface area contributed by atoms with E-state index < -0.39 is 0 Å². The van der Waals surface area contributed by atoms with E-state index in [1.54, 1.807) is 24.3 Å². The van der Waals surface area contributed by atoms with Gasteiger partial charge in [0.2, 0.25) is 0 Å². The number of halogens is 3. The Kier molecular flexibility index (Phi) is 4.22. The van der Waals surface area contributed by atoms with E-state index in [9.17, 15) is 10.2 Å². The fourth-order valence-electron chi connectivity index (χ4n) is 2.61. The SMILES string of the molecule is Cl.Oc1ccc2[nH]c(-c3ccc4c(Cl)cc(Cl)c(O)c4n3)cc2c1. The zero-order chi connectivity index (χ0) is 16.1. The summed E-state index contributed by atoms with van der Waals surface area (Å²) in [5.74, 6) is 0.104. The third kappa shape index (κ3) is 2.63. The minimum Gasteiger partial charge on any atom is -0.508 e. The van der Waals surface area contributed by atoms with Crippen molar-refractivity contribution in [2.75, 3.05) is 0 Å². The molecule has 4 rings (SSSR count). The molecule has 0 bridgehead atoms. The van der Waals surface area contributed by atoms with Crippen LogP contribution in [-0.2, 0) is 0 Å². The van der Waals surface area contributed by atoms with Crippen molar-refractivity contribution in [2.24, 2.45) is 0 Å². The Morgan fingerprint density at radius 1 is 0.917 bits per heavy atom. The highest BCUT2D eigenvalue weighted by atomic mass is 35.5. The van der Waals surface area contributed by atoms with Gasteiger partial charge in [-0.1, -0.05) is 23.2 Å². The monoisotopic (exact) mass is 380 g/mol. The van der Waals surface area contributed by atoms with E-state index >= 15 is 0 Å². The number of aromatic hydroxyl groups is 2. The Morgan fingerprint density at radius 2 is 1.71 bits per heavy atom. The van der Waals surface area contributed by atoms with Crippen molar-refractivity contribution in [3.05, 3.63) is 52.5 Å². The summed E-state index contributed by atoms with van der Waals surface area (Å²) in [5, 5.41) is 21.8. The molecule has 2 heterocycles. The molecule has 0 saturated carbocycles. The maximum atomic E-state index is 10.1. The highest BCUT2D eigenvalue weighted by Gasteiger charge is 2.13. The van der Waals surface area contributed by atoms with Crippen molar-refractivity contribution in [3.63, 3.8) is 0 Å². The zero-order valence-electron chi connectivity index (χ0n) is 12.0. The maximum absolute atomic E-state index is 10.1. The normalized spacial score (nSPS) is 10.9. The first kappa shape index (κ1) is 16.7. The summed E-state index contributed by atoms with van der Waals surface area (Å²) in [6, 6.07) is 12.1. The predicted molar refractivity (Wildman–Crippen MR) is 99.6 cm³/mol. The Labute approximate surface area is 153 Å². The van der Waals surface area contributed by atoms with Crippen molar-refractivity contribution in [1.29, 1.82) is 0 Å². The third-order valence-electron chi connectivity index (χ3n) is 3.74. The summed E-state index contributed by atoms with van der Waals surface area (Å²) in [6.07, 6.45) is 0. The molecule has 0 aliphatic carbocycles. The molecular weight excluding hydrogens is 371 g/mol. The quantitative estimate of drug-likeness (QED) is 0.406. The van der Waals surface area contributed by atoms with Crippen molar-refractivity contribution in [3.8, 4) is 22.9 Å². The van der Waals surface area contributed by atoms with Crippen molar-refractivity contribution >= 4 is 57.4 Å². The van der Waals surface area contributed by atoms with Crippen LogP contribution in [0.1, 0.15) is 0 Å². The number of hydrogen-bond donors (Lipinski definition) is 3. The van der Waals surface area contributed by atoms with Gasteiger partial charge in [0.1, 0.15) is 11.3 Å². The minimum absolute atomic E-state index is 0. The van der Waals surface area contributed by atoms with Gasteiger partial charge < -0.3 is 15.2 Å². The fourth-order valence-corrected chi connectivity index (χ4v) is 3.13. The number of H-pyrrole nitrogens is 1. The first-order valence-electron chi connectivity index (χ1n) is 6.83. The number of aromatic amines is 1. The largest absolute Gasteiger partial charge is 0.508 e. The molecule has 0 fully saturated rings. The van der Waals surface area contributed by atoms with Crippen LogP contribution < -0.4 is 0 Å². The molecule has 0 radical (unpaired) electrons. The number of rotatable bonds is 1. The first-order chi connectivity index (χ1) is 11.0. The second-order valence-electron chi connectivity index (χ2n) is 5.24. The molecule has 4 aromatic rings. The van der Waals surface area contributed by atoms with Crippen LogP contribution in [0.2, 0.25) is 10.0 Å². The number of aromatic nitrogens is 2. The molecule has 4 nitrogen and oxygen atoms in total. The molecule has 7 heteroatoms.